The lowest BCUT2D eigenvalue weighted by molar-refractivity contribution is 0.0949. The Kier molecular flexibility index (Phi) is 9.85. The maximum Gasteiger partial charge on any atom is 0.261 e. The Morgan fingerprint density at radius 3 is 2.51 bits per heavy atom. The van der Waals surface area contributed by atoms with Gasteiger partial charge in [0.05, 0.1) is 29.9 Å². The van der Waals surface area contributed by atoms with E-state index in [2.05, 4.69) is 15.6 Å². The summed E-state index contributed by atoms with van der Waals surface area (Å²) in [4.78, 5) is 41.4. The number of nitrogens with one attached hydrogen (secondary N) is 3. The predicted octanol–water partition coefficient (Wildman–Crippen LogP) is 4.55. The van der Waals surface area contributed by atoms with Gasteiger partial charge in [0.1, 0.15) is 12.2 Å². The molecule has 0 saturated carbocycles. The average molecular weight is 599 g/mol. The molecule has 0 spiro atoms. The first-order chi connectivity index (χ1) is 19.7. The molecule has 12 heteroatoms. The Morgan fingerprint density at radius 2 is 1.78 bits per heavy atom. The number of hydrogen-bond acceptors (Lipinski definition) is 7. The molecule has 0 fully saturated rings. The van der Waals surface area contributed by atoms with Crippen LogP contribution in [0.15, 0.2) is 65.5 Å². The fraction of sp³-hybridized carbons (Fsp3) is 0.207. The second-order valence-corrected chi connectivity index (χ2v) is 9.81. The topological polar surface area (TPSA) is 145 Å². The number of amides is 2. The Balaban J connectivity index is 1.51. The number of carbonyl (C=O) groups excluding carboxylic acids is 2. The maximum atomic E-state index is 13.1. The fourth-order valence-corrected chi connectivity index (χ4v) is 4.37. The lowest BCUT2D eigenvalue weighted by atomic mass is 10.1. The van der Waals surface area contributed by atoms with Crippen LogP contribution in [-0.2, 0) is 4.74 Å². The zero-order valence-corrected chi connectivity index (χ0v) is 23.8. The van der Waals surface area contributed by atoms with Gasteiger partial charge in [0.25, 0.3) is 17.4 Å². The molecule has 0 aliphatic rings. The van der Waals surface area contributed by atoms with Gasteiger partial charge < -0.3 is 35.6 Å². The number of H-pyrrole nitrogens is 1. The number of aromatic amines is 1. The van der Waals surface area contributed by atoms with E-state index in [9.17, 15) is 14.4 Å². The van der Waals surface area contributed by atoms with Crippen LogP contribution in [0.2, 0.25) is 10.0 Å². The number of aromatic nitrogens is 1. The van der Waals surface area contributed by atoms with Crippen LogP contribution in [0.5, 0.6) is 11.5 Å². The molecule has 4 rings (SSSR count). The van der Waals surface area contributed by atoms with Crippen molar-refractivity contribution in [2.24, 2.45) is 5.73 Å². The smallest absolute Gasteiger partial charge is 0.261 e. The summed E-state index contributed by atoms with van der Waals surface area (Å²) in [7, 11) is 3.04. The molecular formula is C29H28Cl2N4O6. The summed E-state index contributed by atoms with van der Waals surface area (Å²) in [6, 6.07) is 15.7. The van der Waals surface area contributed by atoms with Gasteiger partial charge in [-0.15, -0.1) is 0 Å². The van der Waals surface area contributed by atoms with E-state index in [0.29, 0.717) is 34.0 Å². The highest BCUT2D eigenvalue weighted by molar-refractivity contribution is 6.34. The molecular weight excluding hydrogens is 571 g/mol. The molecule has 1 atom stereocenters. The highest BCUT2D eigenvalue weighted by Crippen LogP contribution is 2.32. The average Bonchev–Trinajstić information content (AvgIpc) is 2.96. The van der Waals surface area contributed by atoms with Crippen LogP contribution in [0, 0.1) is 0 Å². The molecule has 1 aromatic heterocycles. The molecule has 1 heterocycles. The van der Waals surface area contributed by atoms with Crippen LogP contribution in [-0.4, -0.2) is 50.8 Å². The van der Waals surface area contributed by atoms with E-state index >= 15 is 0 Å². The first-order valence-electron chi connectivity index (χ1n) is 12.5. The molecule has 2 amide bonds. The molecule has 41 heavy (non-hydrogen) atoms. The second kappa shape index (κ2) is 13.5. The van der Waals surface area contributed by atoms with E-state index in [4.69, 9.17) is 43.1 Å². The number of anilines is 1. The molecule has 0 bridgehead atoms. The van der Waals surface area contributed by atoms with Gasteiger partial charge >= 0.3 is 0 Å². The normalized spacial score (nSPS) is 11.6. The van der Waals surface area contributed by atoms with Crippen molar-refractivity contribution in [2.45, 2.75) is 6.04 Å². The quantitative estimate of drug-likeness (QED) is 0.185. The first-order valence-corrected chi connectivity index (χ1v) is 13.2. The zero-order chi connectivity index (χ0) is 29.5. The van der Waals surface area contributed by atoms with Crippen molar-refractivity contribution >= 4 is 51.6 Å². The van der Waals surface area contributed by atoms with Crippen molar-refractivity contribution in [1.82, 2.24) is 10.3 Å². The summed E-state index contributed by atoms with van der Waals surface area (Å²) < 4.78 is 16.1. The lowest BCUT2D eigenvalue weighted by Crippen LogP contribution is -2.32. The Morgan fingerprint density at radius 1 is 0.976 bits per heavy atom. The van der Waals surface area contributed by atoms with Crippen LogP contribution < -0.4 is 31.4 Å². The van der Waals surface area contributed by atoms with Crippen molar-refractivity contribution in [2.75, 3.05) is 39.3 Å². The van der Waals surface area contributed by atoms with Crippen LogP contribution in [0.1, 0.15) is 32.3 Å². The number of fused-ring (bicyclic) bond motifs is 1. The monoisotopic (exact) mass is 598 g/mol. The van der Waals surface area contributed by atoms with Crippen LogP contribution >= 0.6 is 23.2 Å². The molecule has 214 valence electrons. The number of benzene rings is 3. The minimum Gasteiger partial charge on any atom is -0.493 e. The van der Waals surface area contributed by atoms with Crippen molar-refractivity contribution in [3.05, 3.63) is 97.8 Å². The molecule has 0 aliphatic heterocycles. The summed E-state index contributed by atoms with van der Waals surface area (Å²) >= 11 is 12.3. The molecule has 1 unspecified atom stereocenters. The standard InChI is InChI=1S/C29H28Cl2N4O6/c1-39-8-9-41-26-13-18-11-20(28(37)34-23(18)14-25(26)40-2)29(38)35-24-12-17(6-7-21(24)31)27(36)33-15-22(32)16-4-3-5-19(30)10-16/h3-7,10-14,22H,8-9,15,32H2,1-2H3,(H,33,36)(H,34,37)(H,35,38). The van der Waals surface area contributed by atoms with Gasteiger partial charge in [0.2, 0.25) is 0 Å². The van der Waals surface area contributed by atoms with Gasteiger partial charge in [-0.1, -0.05) is 35.3 Å². The fourth-order valence-electron chi connectivity index (χ4n) is 4.00. The number of nitrogens with two attached hydrogens (primary N) is 1. The number of hydrogen-bond donors (Lipinski definition) is 4. The number of halogens is 2. The number of methoxy groups -OCH3 is 2. The molecule has 3 aromatic carbocycles. The summed E-state index contributed by atoms with van der Waals surface area (Å²) in [5, 5.41) is 6.65. The Bertz CT molecular complexity index is 1640. The van der Waals surface area contributed by atoms with Gasteiger partial charge in [-0.2, -0.15) is 0 Å². The number of carbonyl (C=O) groups is 2. The van der Waals surface area contributed by atoms with E-state index in [0.717, 1.165) is 5.56 Å². The minimum absolute atomic E-state index is 0.151. The Labute approximate surface area is 245 Å². The van der Waals surface area contributed by atoms with Gasteiger partial charge in [-0.05, 0) is 48.0 Å². The maximum absolute atomic E-state index is 13.1. The van der Waals surface area contributed by atoms with Gasteiger partial charge in [0, 0.05) is 41.7 Å². The second-order valence-electron chi connectivity index (χ2n) is 8.96. The van der Waals surface area contributed by atoms with E-state index in [-0.39, 0.29) is 35.0 Å². The predicted molar refractivity (Wildman–Crippen MR) is 159 cm³/mol. The SMILES string of the molecule is COCCOc1cc2cc(C(=O)Nc3cc(C(=O)NCC(N)c4cccc(Cl)c4)ccc3Cl)c(=O)[nH]c2cc1OC. The summed E-state index contributed by atoms with van der Waals surface area (Å²) in [6.07, 6.45) is 0. The Hall–Kier alpha value is -4.09. The van der Waals surface area contributed by atoms with Crippen molar-refractivity contribution in [3.8, 4) is 11.5 Å². The van der Waals surface area contributed by atoms with Crippen molar-refractivity contribution in [1.29, 1.82) is 0 Å². The van der Waals surface area contributed by atoms with Gasteiger partial charge in [-0.3, -0.25) is 14.4 Å². The third-order valence-electron chi connectivity index (χ3n) is 6.15. The van der Waals surface area contributed by atoms with E-state index < -0.39 is 23.4 Å². The molecule has 0 radical (unpaired) electrons. The highest BCUT2D eigenvalue weighted by Gasteiger charge is 2.18. The number of ether oxygens (including phenoxy) is 3. The summed E-state index contributed by atoms with van der Waals surface area (Å²) in [5.41, 5.74) is 7.01. The molecule has 5 N–H and O–H groups in total. The minimum atomic E-state index is -0.715. The van der Waals surface area contributed by atoms with Gasteiger partial charge in [-0.25, -0.2) is 0 Å². The van der Waals surface area contributed by atoms with Crippen LogP contribution in [0.3, 0.4) is 0 Å². The van der Waals surface area contributed by atoms with E-state index in [1.807, 2.05) is 6.07 Å². The summed E-state index contributed by atoms with van der Waals surface area (Å²) in [6.45, 7) is 0.801. The van der Waals surface area contributed by atoms with Crippen molar-refractivity contribution < 1.29 is 23.8 Å². The van der Waals surface area contributed by atoms with Crippen molar-refractivity contribution in [3.63, 3.8) is 0 Å². The van der Waals surface area contributed by atoms with Gasteiger partial charge in [0.15, 0.2) is 11.5 Å². The van der Waals surface area contributed by atoms with E-state index in [1.54, 1.807) is 37.4 Å². The largest absolute Gasteiger partial charge is 0.493 e. The summed E-state index contributed by atoms with van der Waals surface area (Å²) in [5.74, 6) is -0.300. The first kappa shape index (κ1) is 29.9. The van der Waals surface area contributed by atoms with Crippen LogP contribution in [0.4, 0.5) is 5.69 Å². The molecule has 4 aromatic rings. The number of rotatable bonds is 11. The molecule has 10 nitrogen and oxygen atoms in total. The molecule has 0 aliphatic carbocycles. The number of pyridine rings is 1. The lowest BCUT2D eigenvalue weighted by Gasteiger charge is -2.14. The third kappa shape index (κ3) is 7.36. The molecule has 0 saturated heterocycles. The zero-order valence-electron chi connectivity index (χ0n) is 22.3. The highest BCUT2D eigenvalue weighted by atomic mass is 35.5. The van der Waals surface area contributed by atoms with Crippen LogP contribution in [0.25, 0.3) is 10.9 Å². The van der Waals surface area contributed by atoms with E-state index in [1.165, 1.54) is 31.4 Å². The third-order valence-corrected chi connectivity index (χ3v) is 6.72.